The fourth-order valence-corrected chi connectivity index (χ4v) is 3.00. The van der Waals surface area contributed by atoms with Crippen LogP contribution < -0.4 is 10.2 Å². The normalized spacial score (nSPS) is 15.2. The number of amides is 1. The second-order valence-corrected chi connectivity index (χ2v) is 6.35. The van der Waals surface area contributed by atoms with E-state index >= 15 is 0 Å². The lowest BCUT2D eigenvalue weighted by atomic mass is 10.1. The number of halogens is 1. The highest BCUT2D eigenvalue weighted by molar-refractivity contribution is 5.94. The summed E-state index contributed by atoms with van der Waals surface area (Å²) in [4.78, 5) is 14.6. The highest BCUT2D eigenvalue weighted by atomic mass is 19.1. The first kappa shape index (κ1) is 18.1. The summed E-state index contributed by atoms with van der Waals surface area (Å²) in [5.41, 5.74) is 0.998. The molecule has 1 fully saturated rings. The van der Waals surface area contributed by atoms with Crippen molar-refractivity contribution in [1.29, 1.82) is 0 Å². The molecule has 144 valence electrons. The van der Waals surface area contributed by atoms with E-state index in [1.54, 1.807) is 6.07 Å². The Balaban J connectivity index is 1.61. The average Bonchev–Trinajstić information content (AvgIpc) is 3.23. The van der Waals surface area contributed by atoms with Gasteiger partial charge in [-0.1, -0.05) is 41.5 Å². The van der Waals surface area contributed by atoms with Gasteiger partial charge in [-0.3, -0.25) is 4.79 Å². The number of ether oxygens (including phenoxy) is 1. The lowest BCUT2D eigenvalue weighted by Gasteiger charge is -2.24. The molecule has 7 nitrogen and oxygen atoms in total. The molecule has 2 heterocycles. The van der Waals surface area contributed by atoms with Gasteiger partial charge in [-0.2, -0.15) is 0 Å². The zero-order valence-electron chi connectivity index (χ0n) is 15.0. The molecule has 28 heavy (non-hydrogen) atoms. The molecule has 1 aliphatic rings. The number of nitrogens with zero attached hydrogens (tertiary/aromatic N) is 3. The number of hydrogen-bond donors (Lipinski definition) is 1. The Morgan fingerprint density at radius 1 is 1.07 bits per heavy atom. The second kappa shape index (κ2) is 8.18. The maximum atomic E-state index is 13.5. The minimum absolute atomic E-state index is 0.217. The fraction of sp³-hybridized carbons (Fsp3) is 0.250. The Kier molecular flexibility index (Phi) is 5.29. The number of hydrogen-bond acceptors (Lipinski definition) is 6. The highest BCUT2D eigenvalue weighted by Gasteiger charge is 2.25. The van der Waals surface area contributed by atoms with E-state index in [1.807, 2.05) is 35.2 Å². The molecule has 1 atom stereocenters. The predicted molar refractivity (Wildman–Crippen MR) is 99.5 cm³/mol. The fourth-order valence-electron chi connectivity index (χ4n) is 3.00. The van der Waals surface area contributed by atoms with Gasteiger partial charge in [-0.15, -0.1) is 5.10 Å². The van der Waals surface area contributed by atoms with Gasteiger partial charge in [0.05, 0.1) is 13.2 Å². The summed E-state index contributed by atoms with van der Waals surface area (Å²) < 4.78 is 24.7. The SMILES string of the molecule is O=C(N[C@@H](c1ccccc1)c1nnc(N2CCOCC2)o1)c1cccc(F)c1. The van der Waals surface area contributed by atoms with Crippen LogP contribution in [0.3, 0.4) is 0 Å². The quantitative estimate of drug-likeness (QED) is 0.731. The topological polar surface area (TPSA) is 80.5 Å². The number of rotatable bonds is 5. The van der Waals surface area contributed by atoms with Gasteiger partial charge >= 0.3 is 6.01 Å². The zero-order valence-corrected chi connectivity index (χ0v) is 15.0. The number of anilines is 1. The molecule has 1 N–H and O–H groups in total. The van der Waals surface area contributed by atoms with Crippen LogP contribution >= 0.6 is 0 Å². The molecular weight excluding hydrogens is 363 g/mol. The molecule has 0 bridgehead atoms. The molecule has 0 spiro atoms. The van der Waals surface area contributed by atoms with Gasteiger partial charge in [0.2, 0.25) is 5.89 Å². The van der Waals surface area contributed by atoms with Crippen molar-refractivity contribution >= 4 is 11.9 Å². The number of carbonyl (C=O) groups is 1. The van der Waals surface area contributed by atoms with Crippen LogP contribution in [0.15, 0.2) is 59.0 Å². The molecule has 0 unspecified atom stereocenters. The standard InChI is InChI=1S/C20H19FN4O3/c21-16-8-4-7-15(13-16)18(26)22-17(14-5-2-1-3-6-14)19-23-24-20(28-19)25-9-11-27-12-10-25/h1-8,13,17H,9-12H2,(H,22,26)/t17-/m0/s1. The van der Waals surface area contributed by atoms with E-state index in [0.717, 1.165) is 5.56 Å². The van der Waals surface area contributed by atoms with Crippen molar-refractivity contribution in [3.8, 4) is 0 Å². The molecule has 0 radical (unpaired) electrons. The molecular formula is C20H19FN4O3. The molecule has 0 saturated carbocycles. The molecule has 4 rings (SSSR count). The molecule has 0 aliphatic carbocycles. The van der Waals surface area contributed by atoms with Crippen LogP contribution in [0, 0.1) is 5.82 Å². The summed E-state index contributed by atoms with van der Waals surface area (Å²) in [5, 5.41) is 11.1. The number of nitrogens with one attached hydrogen (secondary N) is 1. The second-order valence-electron chi connectivity index (χ2n) is 6.35. The maximum absolute atomic E-state index is 13.5. The lowest BCUT2D eigenvalue weighted by molar-refractivity contribution is 0.0937. The Morgan fingerprint density at radius 3 is 2.61 bits per heavy atom. The third-order valence-electron chi connectivity index (χ3n) is 4.45. The smallest absolute Gasteiger partial charge is 0.318 e. The van der Waals surface area contributed by atoms with E-state index in [-0.39, 0.29) is 11.5 Å². The summed E-state index contributed by atoms with van der Waals surface area (Å²) in [6.45, 7) is 2.51. The highest BCUT2D eigenvalue weighted by Crippen LogP contribution is 2.24. The minimum Gasteiger partial charge on any atom is -0.405 e. The Morgan fingerprint density at radius 2 is 1.86 bits per heavy atom. The third kappa shape index (κ3) is 4.01. The number of morpholine rings is 1. The first-order valence-corrected chi connectivity index (χ1v) is 8.98. The lowest BCUT2D eigenvalue weighted by Crippen LogP contribution is -2.36. The van der Waals surface area contributed by atoms with Gasteiger partial charge in [0.15, 0.2) is 0 Å². The first-order valence-electron chi connectivity index (χ1n) is 8.98. The van der Waals surface area contributed by atoms with Gasteiger partial charge in [0.25, 0.3) is 5.91 Å². The molecule has 1 aromatic heterocycles. The van der Waals surface area contributed by atoms with Crippen LogP contribution in [0.1, 0.15) is 27.9 Å². The predicted octanol–water partition coefficient (Wildman–Crippen LogP) is 2.56. The van der Waals surface area contributed by atoms with Crippen LogP contribution in [0.25, 0.3) is 0 Å². The van der Waals surface area contributed by atoms with Crippen LogP contribution in [-0.4, -0.2) is 42.4 Å². The minimum atomic E-state index is -0.653. The van der Waals surface area contributed by atoms with E-state index in [2.05, 4.69) is 15.5 Å². The molecule has 1 saturated heterocycles. The van der Waals surface area contributed by atoms with E-state index in [9.17, 15) is 9.18 Å². The van der Waals surface area contributed by atoms with Crippen LogP contribution in [0.2, 0.25) is 0 Å². The zero-order chi connectivity index (χ0) is 19.3. The third-order valence-corrected chi connectivity index (χ3v) is 4.45. The summed E-state index contributed by atoms with van der Waals surface area (Å²) in [7, 11) is 0. The van der Waals surface area contributed by atoms with E-state index < -0.39 is 17.8 Å². The van der Waals surface area contributed by atoms with Crippen molar-refractivity contribution in [3.05, 3.63) is 77.4 Å². The monoisotopic (exact) mass is 382 g/mol. The van der Waals surface area contributed by atoms with Crippen molar-refractivity contribution in [1.82, 2.24) is 15.5 Å². The van der Waals surface area contributed by atoms with Gasteiger partial charge < -0.3 is 19.4 Å². The van der Waals surface area contributed by atoms with Crippen LogP contribution in [-0.2, 0) is 4.74 Å². The van der Waals surface area contributed by atoms with Crippen molar-refractivity contribution in [2.24, 2.45) is 0 Å². The van der Waals surface area contributed by atoms with Crippen LogP contribution in [0.4, 0.5) is 10.4 Å². The molecule has 1 aliphatic heterocycles. The van der Waals surface area contributed by atoms with Gasteiger partial charge in [0, 0.05) is 18.7 Å². The first-order chi connectivity index (χ1) is 13.7. The summed E-state index contributed by atoms with van der Waals surface area (Å²) in [6.07, 6.45) is 0. The number of aromatic nitrogens is 2. The van der Waals surface area contributed by atoms with Gasteiger partial charge in [-0.25, -0.2) is 4.39 Å². The van der Waals surface area contributed by atoms with E-state index in [4.69, 9.17) is 9.15 Å². The van der Waals surface area contributed by atoms with Crippen molar-refractivity contribution in [3.63, 3.8) is 0 Å². The number of carbonyl (C=O) groups excluding carboxylic acids is 1. The average molecular weight is 382 g/mol. The molecule has 2 aromatic carbocycles. The van der Waals surface area contributed by atoms with Crippen molar-refractivity contribution in [2.45, 2.75) is 6.04 Å². The molecule has 1 amide bonds. The summed E-state index contributed by atoms with van der Waals surface area (Å²) >= 11 is 0. The Bertz CT molecular complexity index is 941. The van der Waals surface area contributed by atoms with E-state index in [1.165, 1.54) is 18.2 Å². The molecule has 3 aromatic rings. The van der Waals surface area contributed by atoms with E-state index in [0.29, 0.717) is 32.3 Å². The van der Waals surface area contributed by atoms with Gasteiger partial charge in [-0.05, 0) is 23.8 Å². The largest absolute Gasteiger partial charge is 0.405 e. The Labute approximate surface area is 161 Å². The number of benzene rings is 2. The van der Waals surface area contributed by atoms with Crippen molar-refractivity contribution in [2.75, 3.05) is 31.2 Å². The maximum Gasteiger partial charge on any atom is 0.318 e. The van der Waals surface area contributed by atoms with Crippen molar-refractivity contribution < 1.29 is 18.3 Å². The summed E-state index contributed by atoms with van der Waals surface area (Å²) in [5.74, 6) is -0.645. The Hall–Kier alpha value is -3.26. The summed E-state index contributed by atoms with van der Waals surface area (Å²) in [6, 6.07) is 14.6. The molecule has 8 heteroatoms. The van der Waals surface area contributed by atoms with Crippen LogP contribution in [0.5, 0.6) is 0 Å². The van der Waals surface area contributed by atoms with Gasteiger partial charge in [0.1, 0.15) is 11.9 Å².